The fourth-order valence-corrected chi connectivity index (χ4v) is 1.51. The number of hydrogen-bond donors (Lipinski definition) is 1. The van der Waals surface area contributed by atoms with Crippen molar-refractivity contribution in [2.45, 2.75) is 19.3 Å². The van der Waals surface area contributed by atoms with Crippen LogP contribution in [-0.4, -0.2) is 22.8 Å². The lowest BCUT2D eigenvalue weighted by Gasteiger charge is -2.13. The van der Waals surface area contributed by atoms with E-state index in [2.05, 4.69) is 15.3 Å². The first-order chi connectivity index (χ1) is 6.31. The van der Waals surface area contributed by atoms with Crippen LogP contribution in [0.15, 0.2) is 6.20 Å². The van der Waals surface area contributed by atoms with Crippen molar-refractivity contribution in [2.24, 2.45) is 0 Å². The lowest BCUT2D eigenvalue weighted by molar-refractivity contribution is 0.0967. The first-order valence-corrected chi connectivity index (χ1v) is 4.38. The fraction of sp³-hybridized carbons (Fsp3) is 0.444. The van der Waals surface area contributed by atoms with Gasteiger partial charge in [0.15, 0.2) is 5.78 Å². The van der Waals surface area contributed by atoms with E-state index in [1.54, 1.807) is 13.2 Å². The van der Waals surface area contributed by atoms with Gasteiger partial charge >= 0.3 is 0 Å². The van der Waals surface area contributed by atoms with E-state index in [9.17, 15) is 4.79 Å². The van der Waals surface area contributed by atoms with E-state index in [1.165, 1.54) is 0 Å². The molecule has 1 aromatic heterocycles. The minimum absolute atomic E-state index is 0.139. The molecule has 1 aliphatic rings. The molecule has 13 heavy (non-hydrogen) atoms. The molecule has 1 heterocycles. The zero-order valence-corrected chi connectivity index (χ0v) is 7.50. The van der Waals surface area contributed by atoms with Crippen LogP contribution in [0.1, 0.15) is 28.9 Å². The molecule has 0 aliphatic heterocycles. The number of ketones is 1. The second kappa shape index (κ2) is 3.12. The van der Waals surface area contributed by atoms with Gasteiger partial charge in [0.1, 0.15) is 5.69 Å². The van der Waals surface area contributed by atoms with Crippen LogP contribution in [0.4, 0.5) is 5.95 Å². The molecule has 0 atom stereocenters. The predicted molar refractivity (Wildman–Crippen MR) is 48.8 cm³/mol. The minimum atomic E-state index is 0.139. The number of rotatable bonds is 1. The Labute approximate surface area is 76.4 Å². The Morgan fingerprint density at radius 1 is 1.46 bits per heavy atom. The van der Waals surface area contributed by atoms with Crippen LogP contribution in [0.25, 0.3) is 0 Å². The quantitative estimate of drug-likeness (QED) is 0.696. The second-order valence-corrected chi connectivity index (χ2v) is 3.09. The molecule has 0 spiro atoms. The number of Topliss-reactive ketones (excluding diaryl/α,β-unsaturated/α-hetero) is 1. The summed E-state index contributed by atoms with van der Waals surface area (Å²) in [6, 6.07) is 0. The number of anilines is 1. The van der Waals surface area contributed by atoms with Gasteiger partial charge in [-0.1, -0.05) is 0 Å². The van der Waals surface area contributed by atoms with Gasteiger partial charge in [-0.3, -0.25) is 4.79 Å². The molecular weight excluding hydrogens is 166 g/mol. The third kappa shape index (κ3) is 1.39. The number of aryl methyl sites for hydroxylation is 1. The van der Waals surface area contributed by atoms with Crippen molar-refractivity contribution in [1.29, 1.82) is 0 Å². The van der Waals surface area contributed by atoms with Gasteiger partial charge in [0.05, 0.1) is 0 Å². The Morgan fingerprint density at radius 3 is 3.08 bits per heavy atom. The van der Waals surface area contributed by atoms with Gasteiger partial charge in [0.2, 0.25) is 5.95 Å². The number of nitrogens with one attached hydrogen (secondary N) is 1. The monoisotopic (exact) mass is 177 g/mol. The Balaban J connectivity index is 2.47. The summed E-state index contributed by atoms with van der Waals surface area (Å²) in [6.07, 6.45) is 4.21. The van der Waals surface area contributed by atoms with Crippen LogP contribution in [-0.2, 0) is 6.42 Å². The van der Waals surface area contributed by atoms with Gasteiger partial charge in [0, 0.05) is 19.7 Å². The maximum atomic E-state index is 11.4. The summed E-state index contributed by atoms with van der Waals surface area (Å²) in [5, 5.41) is 2.82. The highest BCUT2D eigenvalue weighted by Crippen LogP contribution is 2.19. The molecule has 0 radical (unpaired) electrons. The highest BCUT2D eigenvalue weighted by molar-refractivity contribution is 5.96. The fourth-order valence-electron chi connectivity index (χ4n) is 1.51. The summed E-state index contributed by atoms with van der Waals surface area (Å²) in [5.74, 6) is 0.661. The summed E-state index contributed by atoms with van der Waals surface area (Å²) >= 11 is 0. The molecule has 1 aromatic rings. The van der Waals surface area contributed by atoms with Gasteiger partial charge in [-0.05, 0) is 18.4 Å². The predicted octanol–water partition coefficient (Wildman–Crippen LogP) is 1.04. The van der Waals surface area contributed by atoms with E-state index < -0.39 is 0 Å². The van der Waals surface area contributed by atoms with Crippen molar-refractivity contribution < 1.29 is 4.79 Å². The van der Waals surface area contributed by atoms with Crippen molar-refractivity contribution in [3.63, 3.8) is 0 Å². The molecule has 68 valence electrons. The largest absolute Gasteiger partial charge is 0.357 e. The third-order valence-corrected chi connectivity index (χ3v) is 2.20. The first-order valence-electron chi connectivity index (χ1n) is 4.38. The van der Waals surface area contributed by atoms with Gasteiger partial charge in [0.25, 0.3) is 0 Å². The van der Waals surface area contributed by atoms with Crippen molar-refractivity contribution in [1.82, 2.24) is 9.97 Å². The second-order valence-electron chi connectivity index (χ2n) is 3.09. The van der Waals surface area contributed by atoms with E-state index in [1.807, 2.05) is 0 Å². The Hall–Kier alpha value is -1.45. The molecule has 0 saturated carbocycles. The molecule has 0 aromatic carbocycles. The molecule has 1 aliphatic carbocycles. The number of carbonyl (C=O) groups is 1. The van der Waals surface area contributed by atoms with E-state index in [4.69, 9.17) is 0 Å². The summed E-state index contributed by atoms with van der Waals surface area (Å²) in [6.45, 7) is 0. The number of carbonyl (C=O) groups excluding carboxylic acids is 1. The molecule has 1 N–H and O–H groups in total. The zero-order chi connectivity index (χ0) is 9.26. The number of aromatic nitrogens is 2. The van der Waals surface area contributed by atoms with E-state index in [0.717, 1.165) is 18.4 Å². The number of nitrogens with zero attached hydrogens (tertiary/aromatic N) is 2. The van der Waals surface area contributed by atoms with Crippen LogP contribution in [0.2, 0.25) is 0 Å². The molecule has 2 rings (SSSR count). The maximum absolute atomic E-state index is 11.4. The Kier molecular flexibility index (Phi) is 1.96. The molecule has 0 bridgehead atoms. The first kappa shape index (κ1) is 8.16. The van der Waals surface area contributed by atoms with E-state index in [0.29, 0.717) is 18.1 Å². The Bertz CT molecular complexity index is 349. The molecule has 0 unspecified atom stereocenters. The minimum Gasteiger partial charge on any atom is -0.357 e. The van der Waals surface area contributed by atoms with Crippen molar-refractivity contribution >= 4 is 11.7 Å². The zero-order valence-electron chi connectivity index (χ0n) is 7.50. The molecule has 4 heteroatoms. The molecule has 0 fully saturated rings. The topological polar surface area (TPSA) is 54.9 Å². The van der Waals surface area contributed by atoms with Gasteiger partial charge in [-0.15, -0.1) is 0 Å². The lowest BCUT2D eigenvalue weighted by Crippen LogP contribution is -2.14. The smallest absolute Gasteiger partial charge is 0.223 e. The van der Waals surface area contributed by atoms with Crippen molar-refractivity contribution in [3.05, 3.63) is 17.5 Å². The standard InChI is InChI=1S/C9H11N3O/c1-10-9-11-5-6-3-2-4-7(13)8(6)12-9/h5H,2-4H2,1H3,(H,10,11,12). The lowest BCUT2D eigenvalue weighted by atomic mass is 9.96. The molecular formula is C9H11N3O. The summed E-state index contributed by atoms with van der Waals surface area (Å²) in [4.78, 5) is 19.6. The maximum Gasteiger partial charge on any atom is 0.223 e. The summed E-state index contributed by atoms with van der Waals surface area (Å²) in [7, 11) is 1.75. The normalized spacial score (nSPS) is 15.3. The number of fused-ring (bicyclic) bond motifs is 1. The third-order valence-electron chi connectivity index (χ3n) is 2.20. The van der Waals surface area contributed by atoms with E-state index in [-0.39, 0.29) is 5.78 Å². The van der Waals surface area contributed by atoms with Crippen LogP contribution >= 0.6 is 0 Å². The van der Waals surface area contributed by atoms with Crippen LogP contribution in [0, 0.1) is 0 Å². The van der Waals surface area contributed by atoms with E-state index >= 15 is 0 Å². The van der Waals surface area contributed by atoms with Crippen molar-refractivity contribution in [2.75, 3.05) is 12.4 Å². The highest BCUT2D eigenvalue weighted by atomic mass is 16.1. The van der Waals surface area contributed by atoms with Crippen LogP contribution in [0.5, 0.6) is 0 Å². The average Bonchev–Trinajstić information content (AvgIpc) is 2.18. The van der Waals surface area contributed by atoms with Crippen molar-refractivity contribution in [3.8, 4) is 0 Å². The summed E-state index contributed by atoms with van der Waals surface area (Å²) < 4.78 is 0. The molecule has 0 saturated heterocycles. The highest BCUT2D eigenvalue weighted by Gasteiger charge is 2.19. The van der Waals surface area contributed by atoms with Crippen LogP contribution in [0.3, 0.4) is 0 Å². The molecule has 4 nitrogen and oxygen atoms in total. The summed E-state index contributed by atoms with van der Waals surface area (Å²) in [5.41, 5.74) is 1.58. The average molecular weight is 177 g/mol. The SMILES string of the molecule is CNc1ncc2c(n1)C(=O)CCC2. The Morgan fingerprint density at radius 2 is 2.31 bits per heavy atom. The number of hydrogen-bond acceptors (Lipinski definition) is 4. The van der Waals surface area contributed by atoms with Gasteiger partial charge in [-0.2, -0.15) is 0 Å². The van der Waals surface area contributed by atoms with Gasteiger partial charge < -0.3 is 5.32 Å². The van der Waals surface area contributed by atoms with Crippen LogP contribution < -0.4 is 5.32 Å². The van der Waals surface area contributed by atoms with Gasteiger partial charge in [-0.25, -0.2) is 9.97 Å². The molecule has 0 amide bonds.